The molecule has 4 amide bonds. The Labute approximate surface area is 233 Å². The Kier molecular flexibility index (Phi) is 6.95. The average Bonchev–Trinajstić information content (AvgIpc) is 3.61. The summed E-state index contributed by atoms with van der Waals surface area (Å²) in [7, 11) is 0. The van der Waals surface area contributed by atoms with Crippen LogP contribution < -0.4 is 20.7 Å². The van der Waals surface area contributed by atoms with Crippen LogP contribution in [-0.2, 0) is 19.9 Å². The third-order valence-corrected chi connectivity index (χ3v) is 8.80. The van der Waals surface area contributed by atoms with E-state index in [1.165, 1.54) is 0 Å². The molecule has 3 saturated heterocycles. The number of nitrogens with one attached hydrogen (secondary N) is 1. The summed E-state index contributed by atoms with van der Waals surface area (Å²) in [5.41, 5.74) is 6.46. The quantitative estimate of drug-likeness (QED) is 0.602. The van der Waals surface area contributed by atoms with Gasteiger partial charge in [-0.15, -0.1) is 0 Å². The molecule has 2 aromatic rings. The van der Waals surface area contributed by atoms with Gasteiger partial charge in [0.2, 0.25) is 5.91 Å². The standard InChI is InChI=1S/C30H35N5O5/c31-26(36)19-40-22-9-3-7-20(17-22)28(38)33-13-5-12-32-27(37)24-18-21-8-4-16-35(21)30(24)23-10-1-2-11-25(23)34(29(30)39)15-6-14-33/h1-3,7,9-11,17,21,24H,4-6,8,12-16,18-19H2,(H2,31,36)(H,32,37)/t21-,24-,30+/m0/s1. The smallest absolute Gasteiger partial charge is 0.255 e. The maximum atomic E-state index is 14.4. The molecule has 2 bridgehead atoms. The van der Waals surface area contributed by atoms with E-state index in [1.807, 2.05) is 29.2 Å². The zero-order valence-electron chi connectivity index (χ0n) is 22.5. The number of nitrogens with zero attached hydrogens (tertiary/aromatic N) is 3. The second-order valence-electron chi connectivity index (χ2n) is 11.1. The van der Waals surface area contributed by atoms with Gasteiger partial charge in [-0.3, -0.25) is 24.1 Å². The summed E-state index contributed by atoms with van der Waals surface area (Å²) in [6, 6.07) is 14.8. The van der Waals surface area contributed by atoms with Crippen molar-refractivity contribution in [2.75, 3.05) is 44.2 Å². The Bertz CT molecular complexity index is 1350. The number of carbonyl (C=O) groups is 4. The van der Waals surface area contributed by atoms with E-state index in [2.05, 4.69) is 10.2 Å². The second kappa shape index (κ2) is 10.6. The fourth-order valence-corrected chi connectivity index (χ4v) is 7.18. The van der Waals surface area contributed by atoms with Crippen LogP contribution in [0, 0.1) is 5.92 Å². The van der Waals surface area contributed by atoms with Gasteiger partial charge in [0.15, 0.2) is 6.61 Å². The van der Waals surface area contributed by atoms with Crippen molar-refractivity contribution in [3.63, 3.8) is 0 Å². The molecule has 3 fully saturated rings. The molecular formula is C30H35N5O5. The molecular weight excluding hydrogens is 510 g/mol. The average molecular weight is 546 g/mol. The lowest BCUT2D eigenvalue weighted by Crippen LogP contribution is -2.56. The van der Waals surface area contributed by atoms with Crippen LogP contribution in [0.25, 0.3) is 0 Å². The van der Waals surface area contributed by atoms with Crippen LogP contribution >= 0.6 is 0 Å². The molecule has 4 aliphatic heterocycles. The minimum atomic E-state index is -0.962. The first kappa shape index (κ1) is 26.3. The van der Waals surface area contributed by atoms with E-state index in [0.717, 1.165) is 30.6 Å². The monoisotopic (exact) mass is 545 g/mol. The Morgan fingerprint density at radius 1 is 1.00 bits per heavy atom. The molecule has 3 N–H and O–H groups in total. The molecule has 0 unspecified atom stereocenters. The topological polar surface area (TPSA) is 125 Å². The minimum Gasteiger partial charge on any atom is -0.484 e. The first-order chi connectivity index (χ1) is 19.4. The molecule has 2 aromatic carbocycles. The van der Waals surface area contributed by atoms with Crippen molar-refractivity contribution < 1.29 is 23.9 Å². The highest BCUT2D eigenvalue weighted by atomic mass is 16.5. The Morgan fingerprint density at radius 3 is 2.67 bits per heavy atom. The fraction of sp³-hybridized carbons (Fsp3) is 0.467. The molecule has 4 heterocycles. The first-order valence-corrected chi connectivity index (χ1v) is 14.2. The van der Waals surface area contributed by atoms with Crippen LogP contribution in [0.4, 0.5) is 5.69 Å². The van der Waals surface area contributed by atoms with Crippen molar-refractivity contribution in [2.45, 2.75) is 43.7 Å². The fourth-order valence-electron chi connectivity index (χ4n) is 7.18. The molecule has 4 aliphatic rings. The third kappa shape index (κ3) is 4.30. The van der Waals surface area contributed by atoms with Crippen LogP contribution in [0.1, 0.15) is 48.0 Å². The molecule has 6 rings (SSSR count). The Hall–Kier alpha value is -3.92. The summed E-state index contributed by atoms with van der Waals surface area (Å²) < 4.78 is 5.39. The SMILES string of the molecule is NC(=O)COc1cccc(C(=O)N2CCCNC(=O)[C@@H]3C[C@@H]4CCCN4[C@@]34C(=O)N(CCC2)c2ccccc24)c1. The van der Waals surface area contributed by atoms with Crippen molar-refractivity contribution in [3.8, 4) is 5.75 Å². The van der Waals surface area contributed by atoms with E-state index in [9.17, 15) is 19.2 Å². The van der Waals surface area contributed by atoms with Gasteiger partial charge in [0, 0.05) is 49.0 Å². The number of rotatable bonds is 4. The predicted octanol–water partition coefficient (Wildman–Crippen LogP) is 1.63. The van der Waals surface area contributed by atoms with E-state index in [1.54, 1.807) is 29.2 Å². The molecule has 10 nitrogen and oxygen atoms in total. The molecule has 0 radical (unpaired) electrons. The number of ether oxygens (including phenoxy) is 1. The number of para-hydroxylation sites is 1. The number of benzene rings is 2. The number of amides is 4. The molecule has 3 atom stereocenters. The van der Waals surface area contributed by atoms with Crippen molar-refractivity contribution >= 4 is 29.3 Å². The van der Waals surface area contributed by atoms with E-state index in [-0.39, 0.29) is 30.4 Å². The second-order valence-corrected chi connectivity index (χ2v) is 11.1. The van der Waals surface area contributed by atoms with Gasteiger partial charge in [0.05, 0.1) is 5.92 Å². The van der Waals surface area contributed by atoms with Crippen molar-refractivity contribution in [3.05, 3.63) is 59.7 Å². The largest absolute Gasteiger partial charge is 0.484 e. The first-order valence-electron chi connectivity index (χ1n) is 14.2. The molecule has 1 spiro atoms. The Morgan fingerprint density at radius 2 is 1.82 bits per heavy atom. The number of nitrogens with two attached hydrogens (primary N) is 1. The summed E-state index contributed by atoms with van der Waals surface area (Å²) in [5, 5.41) is 3.11. The highest BCUT2D eigenvalue weighted by molar-refractivity contribution is 6.11. The summed E-state index contributed by atoms with van der Waals surface area (Å²) in [6.07, 6.45) is 3.90. The van der Waals surface area contributed by atoms with E-state index >= 15 is 0 Å². The van der Waals surface area contributed by atoms with Gasteiger partial charge in [-0.05, 0) is 62.9 Å². The lowest BCUT2D eigenvalue weighted by Gasteiger charge is -2.37. The van der Waals surface area contributed by atoms with Crippen LogP contribution in [-0.4, -0.2) is 78.8 Å². The predicted molar refractivity (Wildman–Crippen MR) is 148 cm³/mol. The number of anilines is 1. The maximum absolute atomic E-state index is 14.4. The van der Waals surface area contributed by atoms with Gasteiger partial charge >= 0.3 is 0 Å². The van der Waals surface area contributed by atoms with Gasteiger partial charge in [0.25, 0.3) is 17.7 Å². The zero-order valence-corrected chi connectivity index (χ0v) is 22.5. The van der Waals surface area contributed by atoms with Gasteiger partial charge in [-0.25, -0.2) is 0 Å². The van der Waals surface area contributed by atoms with Crippen LogP contribution in [0.15, 0.2) is 48.5 Å². The lowest BCUT2D eigenvalue weighted by molar-refractivity contribution is -0.138. The highest BCUT2D eigenvalue weighted by Crippen LogP contribution is 2.57. The van der Waals surface area contributed by atoms with Gasteiger partial charge in [0.1, 0.15) is 11.3 Å². The number of fused-ring (bicyclic) bond motifs is 4. The van der Waals surface area contributed by atoms with Crippen molar-refractivity contribution in [1.82, 2.24) is 15.1 Å². The molecule has 0 saturated carbocycles. The van der Waals surface area contributed by atoms with Gasteiger partial charge in [-0.1, -0.05) is 24.3 Å². The number of hydrogen-bond donors (Lipinski definition) is 2. The van der Waals surface area contributed by atoms with Crippen LogP contribution in [0.3, 0.4) is 0 Å². The lowest BCUT2D eigenvalue weighted by atomic mass is 9.78. The molecule has 10 heteroatoms. The van der Waals surface area contributed by atoms with E-state index < -0.39 is 17.4 Å². The maximum Gasteiger partial charge on any atom is 0.255 e. The van der Waals surface area contributed by atoms with E-state index in [4.69, 9.17) is 10.5 Å². The van der Waals surface area contributed by atoms with Crippen molar-refractivity contribution in [1.29, 1.82) is 0 Å². The van der Waals surface area contributed by atoms with Crippen molar-refractivity contribution in [2.24, 2.45) is 11.7 Å². The van der Waals surface area contributed by atoms with E-state index in [0.29, 0.717) is 56.8 Å². The summed E-state index contributed by atoms with van der Waals surface area (Å²) in [4.78, 5) is 58.7. The summed E-state index contributed by atoms with van der Waals surface area (Å²) in [5.74, 6) is -0.934. The Balaban J connectivity index is 1.28. The van der Waals surface area contributed by atoms with Gasteiger partial charge < -0.3 is 25.6 Å². The van der Waals surface area contributed by atoms with Crippen LogP contribution in [0.5, 0.6) is 5.75 Å². The molecule has 0 aromatic heterocycles. The number of primary amides is 1. The normalized spacial score (nSPS) is 26.6. The molecule has 40 heavy (non-hydrogen) atoms. The number of hydrogen-bond acceptors (Lipinski definition) is 6. The minimum absolute atomic E-state index is 0.0188. The molecule has 210 valence electrons. The molecule has 0 aliphatic carbocycles. The third-order valence-electron chi connectivity index (χ3n) is 8.80. The number of carbonyl (C=O) groups excluding carboxylic acids is 4. The van der Waals surface area contributed by atoms with Gasteiger partial charge in [-0.2, -0.15) is 0 Å². The van der Waals surface area contributed by atoms with Crippen LogP contribution in [0.2, 0.25) is 0 Å². The summed E-state index contributed by atoms with van der Waals surface area (Å²) in [6.45, 7) is 2.32. The zero-order chi connectivity index (χ0) is 27.9. The summed E-state index contributed by atoms with van der Waals surface area (Å²) >= 11 is 0. The highest BCUT2D eigenvalue weighted by Gasteiger charge is 2.67.